The summed E-state index contributed by atoms with van der Waals surface area (Å²) in [6, 6.07) is 0. The van der Waals surface area contributed by atoms with Crippen LogP contribution in [0, 0.1) is 0 Å². The summed E-state index contributed by atoms with van der Waals surface area (Å²) in [5, 5.41) is 16.3. The summed E-state index contributed by atoms with van der Waals surface area (Å²) in [5.74, 6) is 0. The predicted octanol–water partition coefficient (Wildman–Crippen LogP) is 0.553. The van der Waals surface area contributed by atoms with Crippen LogP contribution in [0.4, 0.5) is 0 Å². The average Bonchev–Trinajstić information content (AvgIpc) is 2.30. The zero-order chi connectivity index (χ0) is 7.56. The minimum absolute atomic E-state index is 0.0264. The number of aliphatic hydroxyl groups is 1. The molecule has 1 aromatic heterocycles. The van der Waals surface area contributed by atoms with Crippen LogP contribution in [-0.2, 0) is 13.2 Å². The number of aromatic nitrogens is 3. The van der Waals surface area contributed by atoms with Gasteiger partial charge in [0.1, 0.15) is 0 Å². The van der Waals surface area contributed by atoms with Crippen molar-refractivity contribution in [2.45, 2.75) is 20.1 Å². The van der Waals surface area contributed by atoms with Crippen LogP contribution in [0.15, 0.2) is 4.60 Å². The minimum Gasteiger partial charge on any atom is -0.390 e. The standard InChI is InChI=1S/C5H8BrN3O/c1-2-9-4(3-10)5(6)7-8-9/h10H,2-3H2,1H3. The molecule has 0 atom stereocenters. The summed E-state index contributed by atoms with van der Waals surface area (Å²) in [6.07, 6.45) is 0. The van der Waals surface area contributed by atoms with Crippen LogP contribution in [0.5, 0.6) is 0 Å². The molecule has 56 valence electrons. The Morgan fingerprint density at radius 1 is 1.70 bits per heavy atom. The molecule has 0 radical (unpaired) electrons. The molecule has 4 nitrogen and oxygen atoms in total. The molecule has 1 N–H and O–H groups in total. The molecule has 0 spiro atoms. The van der Waals surface area contributed by atoms with E-state index < -0.39 is 0 Å². The summed E-state index contributed by atoms with van der Waals surface area (Å²) in [5.41, 5.74) is 0.725. The molecule has 0 saturated carbocycles. The van der Waals surface area contributed by atoms with E-state index in [1.54, 1.807) is 4.68 Å². The minimum atomic E-state index is -0.0264. The third-order valence-corrected chi connectivity index (χ3v) is 1.86. The van der Waals surface area contributed by atoms with Gasteiger partial charge in [-0.3, -0.25) is 0 Å². The van der Waals surface area contributed by atoms with Crippen LogP contribution in [0.1, 0.15) is 12.6 Å². The second-order valence-corrected chi connectivity index (χ2v) is 2.55. The maximum atomic E-state index is 8.79. The molecular weight excluding hydrogens is 198 g/mol. The molecule has 0 saturated heterocycles. The Morgan fingerprint density at radius 2 is 2.40 bits per heavy atom. The van der Waals surface area contributed by atoms with Gasteiger partial charge in [0.05, 0.1) is 12.3 Å². The highest BCUT2D eigenvalue weighted by Gasteiger charge is 2.06. The molecule has 5 heteroatoms. The largest absolute Gasteiger partial charge is 0.390 e. The van der Waals surface area contributed by atoms with Gasteiger partial charge in [-0.25, -0.2) is 4.68 Å². The van der Waals surface area contributed by atoms with Crippen LogP contribution in [0.3, 0.4) is 0 Å². The molecule has 1 heterocycles. The van der Waals surface area contributed by atoms with Crippen LogP contribution in [0.25, 0.3) is 0 Å². The average molecular weight is 206 g/mol. The van der Waals surface area contributed by atoms with Crippen LogP contribution >= 0.6 is 15.9 Å². The zero-order valence-corrected chi connectivity index (χ0v) is 7.17. The van der Waals surface area contributed by atoms with Gasteiger partial charge in [0.15, 0.2) is 4.60 Å². The normalized spacial score (nSPS) is 10.3. The van der Waals surface area contributed by atoms with E-state index in [4.69, 9.17) is 5.11 Å². The first kappa shape index (κ1) is 7.68. The highest BCUT2D eigenvalue weighted by atomic mass is 79.9. The zero-order valence-electron chi connectivity index (χ0n) is 5.58. The number of aliphatic hydroxyl groups excluding tert-OH is 1. The van der Waals surface area contributed by atoms with E-state index in [-0.39, 0.29) is 6.61 Å². The SMILES string of the molecule is CCn1nnc(Br)c1CO. The van der Waals surface area contributed by atoms with E-state index in [0.717, 1.165) is 12.2 Å². The molecule has 10 heavy (non-hydrogen) atoms. The van der Waals surface area contributed by atoms with E-state index in [2.05, 4.69) is 26.2 Å². The molecular formula is C5H8BrN3O. The van der Waals surface area contributed by atoms with E-state index in [0.29, 0.717) is 4.60 Å². The molecule has 0 aliphatic heterocycles. The van der Waals surface area contributed by atoms with Crippen molar-refractivity contribution in [2.75, 3.05) is 0 Å². The monoisotopic (exact) mass is 205 g/mol. The van der Waals surface area contributed by atoms with E-state index in [1.165, 1.54) is 0 Å². The molecule has 1 aromatic rings. The van der Waals surface area contributed by atoms with E-state index in [9.17, 15) is 0 Å². The lowest BCUT2D eigenvalue weighted by Gasteiger charge is -1.97. The van der Waals surface area contributed by atoms with Gasteiger partial charge >= 0.3 is 0 Å². The van der Waals surface area contributed by atoms with Gasteiger partial charge in [-0.05, 0) is 22.9 Å². The Hall–Kier alpha value is -0.420. The summed E-state index contributed by atoms with van der Waals surface area (Å²) >= 11 is 3.16. The molecule has 0 unspecified atom stereocenters. The maximum Gasteiger partial charge on any atom is 0.153 e. The first-order valence-corrected chi connectivity index (χ1v) is 3.77. The molecule has 0 bridgehead atoms. The molecule has 0 aliphatic carbocycles. The van der Waals surface area contributed by atoms with Gasteiger partial charge in [-0.1, -0.05) is 5.21 Å². The first-order valence-electron chi connectivity index (χ1n) is 2.98. The number of hydrogen-bond acceptors (Lipinski definition) is 3. The molecule has 1 rings (SSSR count). The lowest BCUT2D eigenvalue weighted by Crippen LogP contribution is -2.02. The van der Waals surface area contributed by atoms with Crippen molar-refractivity contribution in [3.63, 3.8) is 0 Å². The highest BCUT2D eigenvalue weighted by Crippen LogP contribution is 2.11. The van der Waals surface area contributed by atoms with Crippen molar-refractivity contribution in [1.29, 1.82) is 0 Å². The van der Waals surface area contributed by atoms with Gasteiger partial charge < -0.3 is 5.11 Å². The van der Waals surface area contributed by atoms with Crippen molar-refractivity contribution >= 4 is 15.9 Å². The fraction of sp³-hybridized carbons (Fsp3) is 0.600. The van der Waals surface area contributed by atoms with Crippen molar-refractivity contribution in [2.24, 2.45) is 0 Å². The van der Waals surface area contributed by atoms with Gasteiger partial charge in [0, 0.05) is 6.54 Å². The summed E-state index contributed by atoms with van der Waals surface area (Å²) < 4.78 is 2.27. The van der Waals surface area contributed by atoms with Crippen molar-refractivity contribution < 1.29 is 5.11 Å². The van der Waals surface area contributed by atoms with E-state index in [1.807, 2.05) is 6.92 Å². The number of aryl methyl sites for hydroxylation is 1. The third-order valence-electron chi connectivity index (χ3n) is 1.24. The molecule has 0 aromatic carbocycles. The van der Waals surface area contributed by atoms with Crippen LogP contribution in [0.2, 0.25) is 0 Å². The summed E-state index contributed by atoms with van der Waals surface area (Å²) in [6.45, 7) is 2.65. The van der Waals surface area contributed by atoms with Gasteiger partial charge in [-0.2, -0.15) is 0 Å². The number of rotatable bonds is 2. The summed E-state index contributed by atoms with van der Waals surface area (Å²) in [7, 11) is 0. The second kappa shape index (κ2) is 3.12. The maximum absolute atomic E-state index is 8.79. The fourth-order valence-electron chi connectivity index (χ4n) is 0.712. The summed E-state index contributed by atoms with van der Waals surface area (Å²) in [4.78, 5) is 0. The Kier molecular flexibility index (Phi) is 2.39. The first-order chi connectivity index (χ1) is 4.79. The van der Waals surface area contributed by atoms with Gasteiger partial charge in [0.2, 0.25) is 0 Å². The van der Waals surface area contributed by atoms with Gasteiger partial charge in [-0.15, -0.1) is 5.10 Å². The molecule has 0 fully saturated rings. The number of nitrogens with zero attached hydrogens (tertiary/aromatic N) is 3. The fourth-order valence-corrected chi connectivity index (χ4v) is 1.11. The van der Waals surface area contributed by atoms with Crippen LogP contribution in [-0.4, -0.2) is 20.1 Å². The van der Waals surface area contributed by atoms with Crippen molar-refractivity contribution in [3.05, 3.63) is 10.3 Å². The third kappa shape index (κ3) is 1.19. The Bertz CT molecular complexity index is 223. The Morgan fingerprint density at radius 3 is 2.80 bits per heavy atom. The quantitative estimate of drug-likeness (QED) is 0.768. The molecule has 0 aliphatic rings. The topological polar surface area (TPSA) is 50.9 Å². The second-order valence-electron chi connectivity index (χ2n) is 1.80. The van der Waals surface area contributed by atoms with Crippen molar-refractivity contribution in [3.8, 4) is 0 Å². The molecule has 0 amide bonds. The Balaban J connectivity index is 3.01. The number of hydrogen-bond donors (Lipinski definition) is 1. The van der Waals surface area contributed by atoms with Gasteiger partial charge in [0.25, 0.3) is 0 Å². The number of halogens is 1. The Labute approximate surface area is 67.0 Å². The highest BCUT2D eigenvalue weighted by molar-refractivity contribution is 9.10. The lowest BCUT2D eigenvalue weighted by atomic mass is 10.5. The smallest absolute Gasteiger partial charge is 0.153 e. The lowest BCUT2D eigenvalue weighted by molar-refractivity contribution is 0.267. The van der Waals surface area contributed by atoms with E-state index >= 15 is 0 Å². The predicted molar refractivity (Wildman–Crippen MR) is 39.3 cm³/mol. The van der Waals surface area contributed by atoms with Crippen LogP contribution < -0.4 is 0 Å². The van der Waals surface area contributed by atoms with Crippen molar-refractivity contribution in [1.82, 2.24) is 15.0 Å².